The van der Waals surface area contributed by atoms with Crippen molar-refractivity contribution >= 4 is 17.4 Å². The number of quaternary nitrogens is 2. The number of amides is 2. The van der Waals surface area contributed by atoms with Gasteiger partial charge in [0.05, 0.1) is 69.4 Å². The number of anilines is 2. The van der Waals surface area contributed by atoms with Crippen molar-refractivity contribution in [2.75, 3.05) is 51.0 Å². The van der Waals surface area contributed by atoms with Gasteiger partial charge in [0.2, 0.25) is 0 Å². The monoisotopic (exact) mass is 453 g/mol. The van der Waals surface area contributed by atoms with Gasteiger partial charge in [0, 0.05) is 31.4 Å². The van der Waals surface area contributed by atoms with E-state index in [0.717, 1.165) is 37.4 Å². The molecule has 0 saturated carbocycles. The van der Waals surface area contributed by atoms with Crippen molar-refractivity contribution in [3.8, 4) is 5.75 Å². The topological polar surface area (TPSA) is 81.2 Å². The summed E-state index contributed by atoms with van der Waals surface area (Å²) in [5.74, 6) is 1.41. The third-order valence-electron chi connectivity index (χ3n) is 7.75. The molecule has 4 N–H and O–H groups in total. The van der Waals surface area contributed by atoms with Crippen molar-refractivity contribution in [1.29, 1.82) is 0 Å². The number of benzene rings is 1. The molecule has 1 aromatic heterocycles. The van der Waals surface area contributed by atoms with Crippen LogP contribution >= 0.6 is 0 Å². The number of methoxy groups -OCH3 is 1. The van der Waals surface area contributed by atoms with Gasteiger partial charge in [0.15, 0.2) is 0 Å². The standard InChI is InChI=1S/C25H33N5O3/c1-28-11-9-19(10-12-28)29-14-17-13-18(16-29)24-21(7-8-23(31)30(24)15-17)27-25(32)26-20-5-3-4-6-22(20)33-2/h3-8,17-19H,9-16H2,1-2H3,(H2,26,27,32)/p+2/t17-,18+/m0/s1. The molecule has 3 aliphatic rings. The zero-order valence-electron chi connectivity index (χ0n) is 19.5. The molecular weight excluding hydrogens is 418 g/mol. The van der Waals surface area contributed by atoms with Crippen molar-refractivity contribution in [2.24, 2.45) is 5.92 Å². The van der Waals surface area contributed by atoms with E-state index in [0.29, 0.717) is 23.4 Å². The number of aromatic nitrogens is 1. The lowest BCUT2D eigenvalue weighted by Crippen LogP contribution is -3.21. The molecule has 0 aliphatic carbocycles. The quantitative estimate of drug-likeness (QED) is 0.533. The van der Waals surface area contributed by atoms with Crippen molar-refractivity contribution in [2.45, 2.75) is 37.8 Å². The Morgan fingerprint density at radius 1 is 1.06 bits per heavy atom. The highest BCUT2D eigenvalue weighted by Gasteiger charge is 2.42. The number of hydrogen-bond acceptors (Lipinski definition) is 3. The van der Waals surface area contributed by atoms with Gasteiger partial charge in [-0.3, -0.25) is 4.79 Å². The summed E-state index contributed by atoms with van der Waals surface area (Å²) < 4.78 is 7.25. The molecule has 2 bridgehead atoms. The van der Waals surface area contributed by atoms with E-state index < -0.39 is 0 Å². The number of para-hydroxylation sites is 2. The van der Waals surface area contributed by atoms with Gasteiger partial charge in [-0.2, -0.15) is 0 Å². The second-order valence-corrected chi connectivity index (χ2v) is 9.96. The Hall–Kier alpha value is -2.84. The number of rotatable bonds is 4. The number of piperidine rings is 2. The van der Waals surface area contributed by atoms with Crippen LogP contribution in [0.2, 0.25) is 0 Å². The normalized spacial score (nSPS) is 28.5. The average molecular weight is 454 g/mol. The summed E-state index contributed by atoms with van der Waals surface area (Å²) >= 11 is 0. The molecule has 4 heterocycles. The van der Waals surface area contributed by atoms with Crippen LogP contribution in [0.4, 0.5) is 16.2 Å². The fourth-order valence-corrected chi connectivity index (χ4v) is 6.15. The van der Waals surface area contributed by atoms with E-state index in [1.54, 1.807) is 35.1 Å². The molecule has 176 valence electrons. The minimum absolute atomic E-state index is 0.0294. The summed E-state index contributed by atoms with van der Waals surface area (Å²) in [6.07, 6.45) is 3.64. The van der Waals surface area contributed by atoms with Crippen LogP contribution in [0.15, 0.2) is 41.2 Å². The number of nitrogens with zero attached hydrogens (tertiary/aromatic N) is 1. The SMILES string of the molecule is COc1ccccc1NC(=O)Nc1ccc(=O)n2c1[C@@H]1C[C@H](C2)C[NH+](C2CC[NH+](C)CC2)C1. The number of urea groups is 1. The van der Waals surface area contributed by atoms with Crippen LogP contribution in [0.25, 0.3) is 0 Å². The first-order valence-electron chi connectivity index (χ1n) is 12.1. The van der Waals surface area contributed by atoms with Crippen LogP contribution in [0.3, 0.4) is 0 Å². The Bertz CT molecular complexity index is 1080. The van der Waals surface area contributed by atoms with Crippen molar-refractivity contribution < 1.29 is 19.3 Å². The molecular formula is C25H35N5O3+2. The maximum atomic E-state index is 12.9. The molecule has 2 saturated heterocycles. The van der Waals surface area contributed by atoms with E-state index in [-0.39, 0.29) is 17.5 Å². The van der Waals surface area contributed by atoms with Crippen LogP contribution in [0, 0.1) is 5.92 Å². The Morgan fingerprint density at radius 3 is 2.61 bits per heavy atom. The Kier molecular flexibility index (Phi) is 6.12. The maximum absolute atomic E-state index is 12.9. The summed E-state index contributed by atoms with van der Waals surface area (Å²) in [5.41, 5.74) is 2.36. The van der Waals surface area contributed by atoms with E-state index in [1.807, 2.05) is 22.8 Å². The number of likely N-dealkylation sites (tertiary alicyclic amines) is 2. The molecule has 1 aromatic carbocycles. The largest absolute Gasteiger partial charge is 0.495 e. The first-order valence-corrected chi connectivity index (χ1v) is 12.1. The van der Waals surface area contributed by atoms with Gasteiger partial charge in [-0.1, -0.05) is 12.1 Å². The Labute approximate surface area is 194 Å². The summed E-state index contributed by atoms with van der Waals surface area (Å²) in [4.78, 5) is 28.9. The highest BCUT2D eigenvalue weighted by molar-refractivity contribution is 6.01. The van der Waals surface area contributed by atoms with E-state index in [4.69, 9.17) is 4.74 Å². The molecule has 2 amide bonds. The van der Waals surface area contributed by atoms with Gasteiger partial charge in [-0.05, 0) is 24.6 Å². The summed E-state index contributed by atoms with van der Waals surface area (Å²) in [7, 11) is 3.87. The van der Waals surface area contributed by atoms with Crippen LogP contribution in [0.5, 0.6) is 5.75 Å². The average Bonchev–Trinajstić information content (AvgIpc) is 2.81. The molecule has 0 radical (unpaired) electrons. The zero-order valence-corrected chi connectivity index (χ0v) is 19.5. The van der Waals surface area contributed by atoms with Crippen LogP contribution in [0.1, 0.15) is 30.9 Å². The highest BCUT2D eigenvalue weighted by Crippen LogP contribution is 2.35. The van der Waals surface area contributed by atoms with Gasteiger partial charge in [0.1, 0.15) is 5.75 Å². The Balaban J connectivity index is 1.37. The van der Waals surface area contributed by atoms with Gasteiger partial charge in [-0.15, -0.1) is 0 Å². The van der Waals surface area contributed by atoms with Gasteiger partial charge < -0.3 is 29.7 Å². The number of ether oxygens (including phenoxy) is 1. The zero-order chi connectivity index (χ0) is 22.9. The van der Waals surface area contributed by atoms with Crippen molar-refractivity contribution in [3.63, 3.8) is 0 Å². The molecule has 8 nitrogen and oxygen atoms in total. The number of fused-ring (bicyclic) bond motifs is 4. The minimum Gasteiger partial charge on any atom is -0.495 e. The molecule has 0 spiro atoms. The highest BCUT2D eigenvalue weighted by atomic mass is 16.5. The summed E-state index contributed by atoms with van der Waals surface area (Å²) in [6.45, 7) is 5.42. The number of hydrogen-bond donors (Lipinski definition) is 4. The molecule has 2 fully saturated rings. The fourth-order valence-electron chi connectivity index (χ4n) is 6.15. The van der Waals surface area contributed by atoms with Crippen LogP contribution in [-0.4, -0.2) is 57.0 Å². The lowest BCUT2D eigenvalue weighted by molar-refractivity contribution is -0.959. The lowest BCUT2D eigenvalue weighted by Gasteiger charge is -2.44. The molecule has 2 aromatic rings. The number of carbonyl (C=O) groups excluding carboxylic acids is 1. The molecule has 3 aliphatic heterocycles. The van der Waals surface area contributed by atoms with E-state index in [2.05, 4.69) is 17.7 Å². The molecule has 1 unspecified atom stereocenters. The first-order chi connectivity index (χ1) is 16.0. The van der Waals surface area contributed by atoms with E-state index in [1.165, 1.54) is 25.9 Å². The number of nitrogens with one attached hydrogen (secondary N) is 4. The van der Waals surface area contributed by atoms with Crippen LogP contribution < -0.4 is 30.7 Å². The van der Waals surface area contributed by atoms with Crippen molar-refractivity contribution in [1.82, 2.24) is 4.57 Å². The third-order valence-corrected chi connectivity index (χ3v) is 7.75. The molecule has 33 heavy (non-hydrogen) atoms. The predicted molar refractivity (Wildman–Crippen MR) is 128 cm³/mol. The summed E-state index contributed by atoms with van der Waals surface area (Å²) in [6, 6.07) is 11.1. The fraction of sp³-hybridized carbons (Fsp3) is 0.520. The van der Waals surface area contributed by atoms with Gasteiger partial charge in [0.25, 0.3) is 5.56 Å². The maximum Gasteiger partial charge on any atom is 0.323 e. The van der Waals surface area contributed by atoms with Crippen LogP contribution in [-0.2, 0) is 6.54 Å². The second kappa shape index (κ2) is 9.19. The second-order valence-electron chi connectivity index (χ2n) is 9.96. The summed E-state index contributed by atoms with van der Waals surface area (Å²) in [5, 5.41) is 5.90. The predicted octanol–water partition coefficient (Wildman–Crippen LogP) is 0.180. The van der Waals surface area contributed by atoms with Gasteiger partial charge >= 0.3 is 6.03 Å². The first kappa shape index (κ1) is 22.0. The van der Waals surface area contributed by atoms with Gasteiger partial charge in [-0.25, -0.2) is 4.79 Å². The number of carbonyl (C=O) groups is 1. The molecule has 5 rings (SSSR count). The van der Waals surface area contributed by atoms with E-state index >= 15 is 0 Å². The van der Waals surface area contributed by atoms with Crippen molar-refractivity contribution in [3.05, 3.63) is 52.4 Å². The minimum atomic E-state index is -0.332. The molecule has 8 heteroatoms. The van der Waals surface area contributed by atoms with E-state index in [9.17, 15) is 9.59 Å². The molecule has 3 atom stereocenters. The third kappa shape index (κ3) is 4.50. The smallest absolute Gasteiger partial charge is 0.323 e. The lowest BCUT2D eigenvalue weighted by atomic mass is 9.81. The number of pyridine rings is 1. The Morgan fingerprint density at radius 2 is 1.82 bits per heavy atom.